The number of methoxy groups -OCH3 is 1. The molecule has 2 aromatic carbocycles. The quantitative estimate of drug-likeness (QED) is 0.746. The molecule has 1 unspecified atom stereocenters. The molecule has 0 aliphatic rings. The predicted molar refractivity (Wildman–Crippen MR) is 75.6 cm³/mol. The highest BCUT2D eigenvalue weighted by atomic mass is 31.1. The molecule has 1 atom stereocenters. The molecule has 0 aromatic heterocycles. The molecule has 0 heterocycles. The van der Waals surface area contributed by atoms with Crippen LogP contribution in [0.2, 0.25) is 0 Å². The Kier molecular flexibility index (Phi) is 4.17. The van der Waals surface area contributed by atoms with Crippen molar-refractivity contribution in [3.63, 3.8) is 0 Å². The summed E-state index contributed by atoms with van der Waals surface area (Å²) in [4.78, 5) is 0. The first-order valence-corrected chi connectivity index (χ1v) is 7.66. The summed E-state index contributed by atoms with van der Waals surface area (Å²) < 4.78 is 5.16. The van der Waals surface area contributed by atoms with Crippen LogP contribution in [0.25, 0.3) is 0 Å². The number of ether oxygens (including phenoxy) is 1. The second-order valence-electron chi connectivity index (χ2n) is 4.04. The van der Waals surface area contributed by atoms with Gasteiger partial charge in [0.15, 0.2) is 0 Å². The zero-order chi connectivity index (χ0) is 12.1. The van der Waals surface area contributed by atoms with E-state index in [4.69, 9.17) is 4.74 Å². The van der Waals surface area contributed by atoms with Crippen LogP contribution in [0, 0.1) is 0 Å². The van der Waals surface area contributed by atoms with Crippen molar-refractivity contribution in [3.05, 3.63) is 60.2 Å². The Morgan fingerprint density at radius 1 is 0.941 bits per heavy atom. The molecule has 0 aliphatic carbocycles. The lowest BCUT2D eigenvalue weighted by Gasteiger charge is -2.12. The maximum absolute atomic E-state index is 5.16. The third kappa shape index (κ3) is 3.31. The SMILES string of the molecule is COc1ccc(CP(C)c2ccccc2)cc1. The van der Waals surface area contributed by atoms with Gasteiger partial charge in [-0.25, -0.2) is 0 Å². The largest absolute Gasteiger partial charge is 0.497 e. The van der Waals surface area contributed by atoms with Gasteiger partial charge in [0.05, 0.1) is 7.11 Å². The molecule has 2 aromatic rings. The average molecular weight is 244 g/mol. The fraction of sp³-hybridized carbons (Fsp3) is 0.200. The fourth-order valence-corrected chi connectivity index (χ4v) is 3.40. The molecular weight excluding hydrogens is 227 g/mol. The van der Waals surface area contributed by atoms with E-state index in [1.165, 1.54) is 10.9 Å². The van der Waals surface area contributed by atoms with Crippen LogP contribution in [0.4, 0.5) is 0 Å². The van der Waals surface area contributed by atoms with Crippen molar-refractivity contribution in [2.75, 3.05) is 13.8 Å². The summed E-state index contributed by atoms with van der Waals surface area (Å²) >= 11 is 0. The van der Waals surface area contributed by atoms with Crippen molar-refractivity contribution in [3.8, 4) is 5.75 Å². The van der Waals surface area contributed by atoms with E-state index in [1.807, 2.05) is 12.1 Å². The van der Waals surface area contributed by atoms with Crippen molar-refractivity contribution < 1.29 is 4.74 Å². The van der Waals surface area contributed by atoms with E-state index in [0.717, 1.165) is 11.9 Å². The van der Waals surface area contributed by atoms with Gasteiger partial charge in [0.25, 0.3) is 0 Å². The first-order valence-electron chi connectivity index (χ1n) is 5.69. The number of benzene rings is 2. The first kappa shape index (κ1) is 12.1. The van der Waals surface area contributed by atoms with E-state index < -0.39 is 0 Å². The average Bonchev–Trinajstić information content (AvgIpc) is 2.40. The molecule has 0 amide bonds. The lowest BCUT2D eigenvalue weighted by atomic mass is 10.2. The first-order chi connectivity index (χ1) is 8.29. The van der Waals surface area contributed by atoms with Gasteiger partial charge in [-0.1, -0.05) is 50.4 Å². The topological polar surface area (TPSA) is 9.23 Å². The van der Waals surface area contributed by atoms with Gasteiger partial charge >= 0.3 is 0 Å². The molecule has 88 valence electrons. The number of hydrogen-bond donors (Lipinski definition) is 0. The van der Waals surface area contributed by atoms with Crippen LogP contribution >= 0.6 is 7.92 Å². The van der Waals surface area contributed by atoms with Crippen LogP contribution in [-0.4, -0.2) is 13.8 Å². The van der Waals surface area contributed by atoms with E-state index in [-0.39, 0.29) is 7.92 Å². The summed E-state index contributed by atoms with van der Waals surface area (Å²) in [5.74, 6) is 0.925. The van der Waals surface area contributed by atoms with Crippen molar-refractivity contribution >= 4 is 13.2 Å². The van der Waals surface area contributed by atoms with Gasteiger partial charge in [-0.05, 0) is 35.8 Å². The van der Waals surface area contributed by atoms with Gasteiger partial charge in [-0.2, -0.15) is 0 Å². The highest BCUT2D eigenvalue weighted by Crippen LogP contribution is 2.34. The van der Waals surface area contributed by atoms with Crippen molar-refractivity contribution in [1.29, 1.82) is 0 Å². The molecule has 0 N–H and O–H groups in total. The van der Waals surface area contributed by atoms with Crippen LogP contribution < -0.4 is 10.0 Å². The smallest absolute Gasteiger partial charge is 0.118 e. The van der Waals surface area contributed by atoms with Gasteiger partial charge in [0, 0.05) is 0 Å². The van der Waals surface area contributed by atoms with Gasteiger partial charge in [0.1, 0.15) is 5.75 Å². The normalized spacial score (nSPS) is 12.1. The lowest BCUT2D eigenvalue weighted by molar-refractivity contribution is 0.414. The Hall–Kier alpha value is -1.33. The molecule has 0 bridgehead atoms. The van der Waals surface area contributed by atoms with E-state index in [9.17, 15) is 0 Å². The molecule has 2 rings (SSSR count). The number of hydrogen-bond acceptors (Lipinski definition) is 1. The summed E-state index contributed by atoms with van der Waals surface area (Å²) in [6, 6.07) is 19.1. The highest BCUT2D eigenvalue weighted by Gasteiger charge is 2.05. The Morgan fingerprint density at radius 2 is 1.59 bits per heavy atom. The van der Waals surface area contributed by atoms with E-state index in [0.29, 0.717) is 0 Å². The monoisotopic (exact) mass is 244 g/mol. The molecule has 0 spiro atoms. The Bertz CT molecular complexity index is 450. The Morgan fingerprint density at radius 3 is 2.18 bits per heavy atom. The summed E-state index contributed by atoms with van der Waals surface area (Å²) in [5, 5.41) is 1.46. The van der Waals surface area contributed by atoms with Crippen LogP contribution in [0.1, 0.15) is 5.56 Å². The molecule has 1 nitrogen and oxygen atoms in total. The van der Waals surface area contributed by atoms with Crippen molar-refractivity contribution in [2.45, 2.75) is 6.16 Å². The van der Waals surface area contributed by atoms with E-state index >= 15 is 0 Å². The van der Waals surface area contributed by atoms with Gasteiger partial charge in [0.2, 0.25) is 0 Å². The Balaban J connectivity index is 2.05. The van der Waals surface area contributed by atoms with Gasteiger partial charge in [-0.15, -0.1) is 0 Å². The molecule has 0 saturated carbocycles. The molecule has 0 fully saturated rings. The summed E-state index contributed by atoms with van der Waals surface area (Å²) in [7, 11) is 1.59. The third-order valence-corrected chi connectivity index (χ3v) is 4.79. The van der Waals surface area contributed by atoms with E-state index in [2.05, 4.69) is 49.1 Å². The highest BCUT2D eigenvalue weighted by molar-refractivity contribution is 7.64. The van der Waals surface area contributed by atoms with E-state index in [1.54, 1.807) is 7.11 Å². The van der Waals surface area contributed by atoms with Crippen LogP contribution in [0.15, 0.2) is 54.6 Å². The van der Waals surface area contributed by atoms with Gasteiger partial charge in [-0.3, -0.25) is 0 Å². The lowest BCUT2D eigenvalue weighted by Crippen LogP contribution is -2.00. The maximum atomic E-state index is 5.16. The predicted octanol–water partition coefficient (Wildman–Crippen LogP) is 3.63. The molecular formula is C15H17OP. The molecule has 0 saturated heterocycles. The fourth-order valence-electron chi connectivity index (χ4n) is 1.78. The standard InChI is InChI=1S/C15H17OP/c1-16-14-10-8-13(9-11-14)12-17(2)15-6-4-3-5-7-15/h3-11H,12H2,1-2H3. The second kappa shape index (κ2) is 5.84. The molecule has 17 heavy (non-hydrogen) atoms. The van der Waals surface area contributed by atoms with Crippen molar-refractivity contribution in [2.24, 2.45) is 0 Å². The zero-order valence-corrected chi connectivity index (χ0v) is 11.2. The third-order valence-electron chi connectivity index (χ3n) is 2.78. The second-order valence-corrected chi connectivity index (χ2v) is 6.27. The maximum Gasteiger partial charge on any atom is 0.118 e. The van der Waals surface area contributed by atoms with Crippen LogP contribution in [0.3, 0.4) is 0 Å². The Labute approximate surface area is 104 Å². The minimum absolute atomic E-state index is 0.107. The molecule has 2 heteroatoms. The number of rotatable bonds is 4. The minimum Gasteiger partial charge on any atom is -0.497 e. The van der Waals surface area contributed by atoms with Crippen molar-refractivity contribution in [1.82, 2.24) is 0 Å². The zero-order valence-electron chi connectivity index (χ0n) is 10.3. The van der Waals surface area contributed by atoms with Gasteiger partial charge < -0.3 is 4.74 Å². The minimum atomic E-state index is -0.107. The summed E-state index contributed by atoms with van der Waals surface area (Å²) in [5.41, 5.74) is 1.38. The molecule has 0 aliphatic heterocycles. The summed E-state index contributed by atoms with van der Waals surface area (Å²) in [6.07, 6.45) is 1.13. The van der Waals surface area contributed by atoms with Crippen LogP contribution in [-0.2, 0) is 6.16 Å². The molecule has 0 radical (unpaired) electrons. The van der Waals surface area contributed by atoms with Crippen LogP contribution in [0.5, 0.6) is 5.75 Å². The summed E-state index contributed by atoms with van der Waals surface area (Å²) in [6.45, 7) is 2.33.